The average Bonchev–Trinajstić information content (AvgIpc) is 3.01. The van der Waals surface area contributed by atoms with Crippen molar-refractivity contribution >= 4 is 11.9 Å². The Labute approximate surface area is 93.6 Å². The zero-order chi connectivity index (χ0) is 11.5. The number of ether oxygens (including phenoxy) is 1. The largest absolute Gasteiger partial charge is 0.426 e. The van der Waals surface area contributed by atoms with E-state index in [1.807, 2.05) is 0 Å². The molecule has 4 nitrogen and oxygen atoms in total. The highest BCUT2D eigenvalue weighted by Crippen LogP contribution is 2.22. The highest BCUT2D eigenvalue weighted by atomic mass is 16.5. The van der Waals surface area contributed by atoms with Crippen LogP contribution in [0.25, 0.3) is 0 Å². The van der Waals surface area contributed by atoms with Gasteiger partial charge in [0.25, 0.3) is 5.91 Å². The molecule has 0 spiro atoms. The maximum absolute atomic E-state index is 11.8. The quantitative estimate of drug-likeness (QED) is 0.619. The Balaban J connectivity index is 2.16. The second-order valence-corrected chi connectivity index (χ2v) is 3.84. The number of rotatable bonds is 3. The Morgan fingerprint density at radius 3 is 2.62 bits per heavy atom. The predicted octanol–water partition coefficient (Wildman–Crippen LogP) is 1.50. The van der Waals surface area contributed by atoms with Gasteiger partial charge in [-0.1, -0.05) is 12.1 Å². The van der Waals surface area contributed by atoms with E-state index >= 15 is 0 Å². The molecular formula is C12H13NO3. The maximum Gasteiger partial charge on any atom is 0.308 e. The van der Waals surface area contributed by atoms with Gasteiger partial charge in [0.15, 0.2) is 0 Å². The van der Waals surface area contributed by atoms with Crippen molar-refractivity contribution in [1.82, 2.24) is 5.32 Å². The van der Waals surface area contributed by atoms with Crippen LogP contribution in [0.1, 0.15) is 30.1 Å². The van der Waals surface area contributed by atoms with Gasteiger partial charge in [0.1, 0.15) is 5.75 Å². The van der Waals surface area contributed by atoms with Crippen molar-refractivity contribution < 1.29 is 14.3 Å². The van der Waals surface area contributed by atoms with Crippen LogP contribution in [0.4, 0.5) is 0 Å². The van der Waals surface area contributed by atoms with Gasteiger partial charge < -0.3 is 10.1 Å². The lowest BCUT2D eigenvalue weighted by Gasteiger charge is -2.08. The topological polar surface area (TPSA) is 55.4 Å². The van der Waals surface area contributed by atoms with Crippen LogP contribution in [0.5, 0.6) is 5.75 Å². The fourth-order valence-electron chi connectivity index (χ4n) is 1.39. The molecule has 1 aliphatic rings. The monoisotopic (exact) mass is 219 g/mol. The van der Waals surface area contributed by atoms with Gasteiger partial charge in [-0.3, -0.25) is 9.59 Å². The van der Waals surface area contributed by atoms with E-state index in [-0.39, 0.29) is 11.9 Å². The number of amides is 1. The van der Waals surface area contributed by atoms with Crippen LogP contribution in [0.3, 0.4) is 0 Å². The zero-order valence-electron chi connectivity index (χ0n) is 9.03. The molecule has 1 aromatic rings. The number of hydrogen-bond donors (Lipinski definition) is 1. The summed E-state index contributed by atoms with van der Waals surface area (Å²) >= 11 is 0. The lowest BCUT2D eigenvalue weighted by molar-refractivity contribution is -0.131. The summed E-state index contributed by atoms with van der Waals surface area (Å²) in [6.45, 7) is 1.32. The smallest absolute Gasteiger partial charge is 0.308 e. The van der Waals surface area contributed by atoms with Crippen molar-refractivity contribution in [1.29, 1.82) is 0 Å². The van der Waals surface area contributed by atoms with Gasteiger partial charge in [0.2, 0.25) is 0 Å². The Morgan fingerprint density at radius 2 is 2.00 bits per heavy atom. The van der Waals surface area contributed by atoms with Crippen molar-refractivity contribution in [2.45, 2.75) is 25.8 Å². The average molecular weight is 219 g/mol. The van der Waals surface area contributed by atoms with Crippen molar-refractivity contribution in [3.05, 3.63) is 29.8 Å². The summed E-state index contributed by atoms with van der Waals surface area (Å²) in [5.41, 5.74) is 0.407. The van der Waals surface area contributed by atoms with E-state index in [0.29, 0.717) is 11.3 Å². The van der Waals surface area contributed by atoms with E-state index in [4.69, 9.17) is 4.74 Å². The molecule has 4 heteroatoms. The summed E-state index contributed by atoms with van der Waals surface area (Å²) in [6.07, 6.45) is 2.06. The summed E-state index contributed by atoms with van der Waals surface area (Å²) in [6, 6.07) is 7.03. The van der Waals surface area contributed by atoms with E-state index in [1.165, 1.54) is 6.92 Å². The van der Waals surface area contributed by atoms with Crippen molar-refractivity contribution in [2.75, 3.05) is 0 Å². The van der Waals surface area contributed by atoms with E-state index < -0.39 is 5.97 Å². The third-order valence-electron chi connectivity index (χ3n) is 2.30. The normalized spacial score (nSPS) is 14.3. The summed E-state index contributed by atoms with van der Waals surface area (Å²) in [7, 11) is 0. The Hall–Kier alpha value is -1.84. The second-order valence-electron chi connectivity index (χ2n) is 3.84. The summed E-state index contributed by atoms with van der Waals surface area (Å²) in [5, 5.41) is 2.85. The molecule has 0 bridgehead atoms. The molecule has 1 aromatic carbocycles. The molecule has 84 valence electrons. The molecule has 1 N–H and O–H groups in total. The summed E-state index contributed by atoms with van der Waals surface area (Å²) in [4.78, 5) is 22.7. The Morgan fingerprint density at radius 1 is 1.31 bits per heavy atom. The van der Waals surface area contributed by atoms with Crippen LogP contribution in [-0.2, 0) is 4.79 Å². The van der Waals surface area contributed by atoms with Crippen LogP contribution in [-0.4, -0.2) is 17.9 Å². The molecule has 0 aromatic heterocycles. The first-order chi connectivity index (χ1) is 7.66. The van der Waals surface area contributed by atoms with Gasteiger partial charge in [-0.25, -0.2) is 0 Å². The number of carbonyl (C=O) groups is 2. The molecule has 2 rings (SSSR count). The van der Waals surface area contributed by atoms with Gasteiger partial charge in [-0.15, -0.1) is 0 Å². The Bertz CT molecular complexity index is 424. The van der Waals surface area contributed by atoms with E-state index in [2.05, 4.69) is 5.32 Å². The highest BCUT2D eigenvalue weighted by molar-refractivity contribution is 5.97. The molecule has 1 saturated carbocycles. The lowest BCUT2D eigenvalue weighted by atomic mass is 10.2. The minimum atomic E-state index is -0.424. The van der Waals surface area contributed by atoms with Crippen LogP contribution in [0.2, 0.25) is 0 Å². The number of carbonyl (C=O) groups excluding carboxylic acids is 2. The first-order valence-corrected chi connectivity index (χ1v) is 5.25. The summed E-state index contributed by atoms with van der Waals surface area (Å²) < 4.78 is 4.97. The molecular weight excluding hydrogens is 206 g/mol. The number of para-hydroxylation sites is 1. The predicted molar refractivity (Wildman–Crippen MR) is 58.2 cm³/mol. The third-order valence-corrected chi connectivity index (χ3v) is 2.30. The van der Waals surface area contributed by atoms with Crippen molar-refractivity contribution in [3.63, 3.8) is 0 Å². The van der Waals surface area contributed by atoms with Gasteiger partial charge >= 0.3 is 5.97 Å². The van der Waals surface area contributed by atoms with E-state index in [0.717, 1.165) is 12.8 Å². The van der Waals surface area contributed by atoms with E-state index in [1.54, 1.807) is 24.3 Å². The zero-order valence-corrected chi connectivity index (χ0v) is 9.03. The van der Waals surface area contributed by atoms with Gasteiger partial charge in [0, 0.05) is 13.0 Å². The molecule has 0 atom stereocenters. The first-order valence-electron chi connectivity index (χ1n) is 5.25. The standard InChI is InChI=1S/C12H13NO3/c1-8(14)16-11-5-3-2-4-10(11)12(15)13-9-6-7-9/h2-5,9H,6-7H2,1H3,(H,13,15). The third kappa shape index (κ3) is 2.59. The number of nitrogens with one attached hydrogen (secondary N) is 1. The van der Waals surface area contributed by atoms with Crippen LogP contribution in [0.15, 0.2) is 24.3 Å². The first kappa shape index (κ1) is 10.7. The van der Waals surface area contributed by atoms with Gasteiger partial charge in [-0.05, 0) is 25.0 Å². The van der Waals surface area contributed by atoms with Gasteiger partial charge in [0.05, 0.1) is 5.56 Å². The molecule has 0 saturated heterocycles. The molecule has 1 fully saturated rings. The molecule has 0 heterocycles. The van der Waals surface area contributed by atoms with Crippen LogP contribution < -0.4 is 10.1 Å². The van der Waals surface area contributed by atoms with Crippen LogP contribution in [0, 0.1) is 0 Å². The number of esters is 1. The van der Waals surface area contributed by atoms with E-state index in [9.17, 15) is 9.59 Å². The number of hydrogen-bond acceptors (Lipinski definition) is 3. The van der Waals surface area contributed by atoms with Crippen molar-refractivity contribution in [3.8, 4) is 5.75 Å². The van der Waals surface area contributed by atoms with Gasteiger partial charge in [-0.2, -0.15) is 0 Å². The molecule has 16 heavy (non-hydrogen) atoms. The molecule has 1 aliphatic carbocycles. The summed E-state index contributed by atoms with van der Waals surface area (Å²) in [5.74, 6) is -0.292. The minimum absolute atomic E-state index is 0.181. The molecule has 0 radical (unpaired) electrons. The second kappa shape index (κ2) is 4.35. The Kier molecular flexibility index (Phi) is 2.90. The molecule has 1 amide bonds. The fraction of sp³-hybridized carbons (Fsp3) is 0.333. The maximum atomic E-state index is 11.8. The SMILES string of the molecule is CC(=O)Oc1ccccc1C(=O)NC1CC1. The van der Waals surface area contributed by atoms with Crippen molar-refractivity contribution in [2.24, 2.45) is 0 Å². The highest BCUT2D eigenvalue weighted by Gasteiger charge is 2.25. The molecule has 0 aliphatic heterocycles. The fourth-order valence-corrected chi connectivity index (χ4v) is 1.39. The number of benzene rings is 1. The van der Waals surface area contributed by atoms with Crippen LogP contribution >= 0.6 is 0 Å². The minimum Gasteiger partial charge on any atom is -0.426 e. The molecule has 0 unspecified atom stereocenters. The lowest BCUT2D eigenvalue weighted by Crippen LogP contribution is -2.26.